The Kier molecular flexibility index (Phi) is 7.93. The molecule has 2 heterocycles. The van der Waals surface area contributed by atoms with Crippen molar-refractivity contribution in [3.05, 3.63) is 65.6 Å². The Hall–Kier alpha value is -3.99. The quantitative estimate of drug-likeness (QED) is 0.409. The molecule has 11 heteroatoms. The van der Waals surface area contributed by atoms with Gasteiger partial charge in [-0.2, -0.15) is 0 Å². The molecule has 1 aromatic carbocycles. The predicted octanol–water partition coefficient (Wildman–Crippen LogP) is 3.10. The molecule has 3 aromatic rings. The van der Waals surface area contributed by atoms with Gasteiger partial charge in [-0.3, -0.25) is 9.20 Å². The average Bonchev–Trinajstić information content (AvgIpc) is 3.20. The second kappa shape index (κ2) is 10.7. The largest absolute Gasteiger partial charge is 0.478 e. The number of carboxylic acids is 1. The molecule has 0 saturated carbocycles. The summed E-state index contributed by atoms with van der Waals surface area (Å²) in [7, 11) is 0. The highest BCUT2D eigenvalue weighted by Gasteiger charge is 2.34. The number of amides is 2. The molecular weight excluding hydrogens is 466 g/mol. The molecule has 0 aliphatic rings. The molecule has 0 aliphatic carbocycles. The van der Waals surface area contributed by atoms with E-state index < -0.39 is 35.2 Å². The van der Waals surface area contributed by atoms with Gasteiger partial charge in [-0.25, -0.2) is 9.59 Å². The van der Waals surface area contributed by atoms with Crippen molar-refractivity contribution in [2.75, 3.05) is 6.61 Å². The van der Waals surface area contributed by atoms with Crippen molar-refractivity contribution < 1.29 is 29.0 Å². The minimum absolute atomic E-state index is 0.0151. The zero-order valence-corrected chi connectivity index (χ0v) is 20.9. The molecule has 0 spiro atoms. The first-order chi connectivity index (χ1) is 16.9. The molecule has 2 amide bonds. The minimum atomic E-state index is -1.34. The number of nitrogens with one attached hydrogen (secondary N) is 2. The Morgan fingerprint density at radius 3 is 2.36 bits per heavy atom. The van der Waals surface area contributed by atoms with Crippen LogP contribution >= 0.6 is 0 Å². The van der Waals surface area contributed by atoms with Gasteiger partial charge in [-0.1, -0.05) is 30.3 Å². The van der Waals surface area contributed by atoms with E-state index >= 15 is 0 Å². The summed E-state index contributed by atoms with van der Waals surface area (Å²) in [6.07, 6.45) is 0.645. The summed E-state index contributed by atoms with van der Waals surface area (Å²) in [5.41, 5.74) is -0.692. The monoisotopic (exact) mass is 497 g/mol. The first kappa shape index (κ1) is 26.6. The van der Waals surface area contributed by atoms with E-state index in [1.165, 1.54) is 22.7 Å². The molecule has 0 unspecified atom stereocenters. The number of carboxylic acid groups (broad SMARTS) is 1. The number of aromatic nitrogens is 3. The lowest BCUT2D eigenvalue weighted by Gasteiger charge is -2.29. The van der Waals surface area contributed by atoms with E-state index in [4.69, 9.17) is 9.47 Å². The topological polar surface area (TPSA) is 144 Å². The number of fused-ring (bicyclic) bond motifs is 1. The number of aromatic carboxylic acids is 1. The highest BCUT2D eigenvalue weighted by Crippen LogP contribution is 2.18. The Bertz CT molecular complexity index is 1230. The summed E-state index contributed by atoms with van der Waals surface area (Å²) >= 11 is 0. The van der Waals surface area contributed by atoms with Crippen molar-refractivity contribution in [2.45, 2.75) is 58.4 Å². The maximum Gasteiger partial charge on any atom is 0.408 e. The first-order valence-electron chi connectivity index (χ1n) is 11.4. The van der Waals surface area contributed by atoms with Gasteiger partial charge in [-0.05, 0) is 52.3 Å². The van der Waals surface area contributed by atoms with Crippen LogP contribution in [0.25, 0.3) is 5.65 Å². The number of alkyl carbamates (subject to hydrolysis) is 1. The van der Waals surface area contributed by atoms with Crippen molar-refractivity contribution in [1.29, 1.82) is 0 Å². The lowest BCUT2D eigenvalue weighted by molar-refractivity contribution is -0.127. The van der Waals surface area contributed by atoms with Gasteiger partial charge in [0.15, 0.2) is 11.5 Å². The highest BCUT2D eigenvalue weighted by atomic mass is 16.6. The molecule has 3 rings (SSSR count). The number of carbonyl (C=O) groups excluding carboxylic acids is 2. The molecule has 11 nitrogen and oxygen atoms in total. The fourth-order valence-corrected chi connectivity index (χ4v) is 3.28. The first-order valence-corrected chi connectivity index (χ1v) is 11.4. The second-order valence-electron chi connectivity index (χ2n) is 9.79. The molecule has 192 valence electrons. The summed E-state index contributed by atoms with van der Waals surface area (Å²) in [5.74, 6) is -1.35. The standard InChI is InChI=1S/C25H31N5O6/c1-24(2,3)36-23(34)27-25(4,5)22(33)26-18(15-35-14-16-9-7-6-8-10-16)20-29-28-19-12-11-17(21(31)32)13-30(19)20/h6-13,18H,14-15H2,1-5H3,(H,26,33)(H,27,34)(H,31,32)/t18-/m1/s1. The van der Waals surface area contributed by atoms with Gasteiger partial charge in [0.1, 0.15) is 17.2 Å². The second-order valence-corrected chi connectivity index (χ2v) is 9.79. The van der Waals surface area contributed by atoms with Gasteiger partial charge in [0.2, 0.25) is 5.91 Å². The van der Waals surface area contributed by atoms with Crippen LogP contribution in [0.2, 0.25) is 0 Å². The summed E-state index contributed by atoms with van der Waals surface area (Å²) in [6.45, 7) is 8.55. The lowest BCUT2D eigenvalue weighted by Crippen LogP contribution is -2.56. The zero-order valence-electron chi connectivity index (χ0n) is 20.9. The Labute approximate surface area is 208 Å². The predicted molar refractivity (Wildman–Crippen MR) is 130 cm³/mol. The van der Waals surface area contributed by atoms with E-state index in [0.717, 1.165) is 5.56 Å². The Balaban J connectivity index is 1.84. The van der Waals surface area contributed by atoms with E-state index in [1.807, 2.05) is 30.3 Å². The fourth-order valence-electron chi connectivity index (χ4n) is 3.28. The van der Waals surface area contributed by atoms with Crippen molar-refractivity contribution in [1.82, 2.24) is 25.2 Å². The van der Waals surface area contributed by atoms with Gasteiger partial charge in [-0.15, -0.1) is 10.2 Å². The number of carbonyl (C=O) groups is 3. The molecule has 0 fully saturated rings. The van der Waals surface area contributed by atoms with E-state index in [0.29, 0.717) is 5.65 Å². The Morgan fingerprint density at radius 1 is 1.03 bits per heavy atom. The van der Waals surface area contributed by atoms with E-state index in [1.54, 1.807) is 34.6 Å². The van der Waals surface area contributed by atoms with Crippen LogP contribution in [0.15, 0.2) is 48.7 Å². The van der Waals surface area contributed by atoms with Gasteiger partial charge in [0, 0.05) is 6.20 Å². The zero-order chi connectivity index (χ0) is 26.5. The van der Waals surface area contributed by atoms with Gasteiger partial charge in [0.05, 0.1) is 18.8 Å². The van der Waals surface area contributed by atoms with E-state index in [9.17, 15) is 19.5 Å². The number of hydrogen-bond acceptors (Lipinski definition) is 7. The minimum Gasteiger partial charge on any atom is -0.478 e. The Morgan fingerprint density at radius 2 is 1.72 bits per heavy atom. The number of benzene rings is 1. The number of pyridine rings is 1. The molecule has 0 aliphatic heterocycles. The van der Waals surface area contributed by atoms with Gasteiger partial charge < -0.3 is 25.2 Å². The summed E-state index contributed by atoms with van der Waals surface area (Å²) in [4.78, 5) is 37.0. The van der Waals surface area contributed by atoms with Crippen molar-refractivity contribution in [2.24, 2.45) is 0 Å². The molecular formula is C25H31N5O6. The number of rotatable bonds is 9. The number of ether oxygens (including phenoxy) is 2. The molecule has 36 heavy (non-hydrogen) atoms. The summed E-state index contributed by atoms with van der Waals surface area (Å²) in [5, 5.41) is 23.1. The third-order valence-corrected chi connectivity index (χ3v) is 5.07. The van der Waals surface area contributed by atoms with Gasteiger partial charge >= 0.3 is 12.1 Å². The SMILES string of the molecule is CC(C)(C)OC(=O)NC(C)(C)C(=O)N[C@H](COCc1ccccc1)c1nnc2ccc(C(=O)O)cn12. The molecule has 0 bridgehead atoms. The van der Waals surface area contributed by atoms with Gasteiger partial charge in [0.25, 0.3) is 0 Å². The molecule has 2 aromatic heterocycles. The average molecular weight is 498 g/mol. The van der Waals surface area contributed by atoms with Crippen molar-refractivity contribution in [3.63, 3.8) is 0 Å². The van der Waals surface area contributed by atoms with Crippen LogP contribution in [0.4, 0.5) is 4.79 Å². The van der Waals surface area contributed by atoms with Crippen LogP contribution in [0.5, 0.6) is 0 Å². The van der Waals surface area contributed by atoms with Crippen LogP contribution < -0.4 is 10.6 Å². The van der Waals surface area contributed by atoms with Crippen molar-refractivity contribution >= 4 is 23.6 Å². The third-order valence-electron chi connectivity index (χ3n) is 5.07. The molecule has 3 N–H and O–H groups in total. The molecule has 0 saturated heterocycles. The fraction of sp³-hybridized carbons (Fsp3) is 0.400. The van der Waals surface area contributed by atoms with Crippen LogP contribution in [-0.4, -0.2) is 55.4 Å². The van der Waals surface area contributed by atoms with Crippen LogP contribution in [-0.2, 0) is 20.9 Å². The third kappa shape index (κ3) is 7.01. The number of nitrogens with zero attached hydrogens (tertiary/aromatic N) is 3. The highest BCUT2D eigenvalue weighted by molar-refractivity contribution is 5.89. The van der Waals surface area contributed by atoms with E-state index in [-0.39, 0.29) is 24.6 Å². The maximum absolute atomic E-state index is 13.2. The van der Waals surface area contributed by atoms with Crippen LogP contribution in [0.1, 0.15) is 62.4 Å². The van der Waals surface area contributed by atoms with Crippen molar-refractivity contribution in [3.8, 4) is 0 Å². The normalized spacial score (nSPS) is 12.7. The lowest BCUT2D eigenvalue weighted by atomic mass is 10.0. The summed E-state index contributed by atoms with van der Waals surface area (Å²) in [6, 6.07) is 11.6. The summed E-state index contributed by atoms with van der Waals surface area (Å²) < 4.78 is 12.6. The van der Waals surface area contributed by atoms with Crippen LogP contribution in [0.3, 0.4) is 0 Å². The maximum atomic E-state index is 13.2. The molecule has 0 radical (unpaired) electrons. The smallest absolute Gasteiger partial charge is 0.408 e. The molecule has 1 atom stereocenters. The van der Waals surface area contributed by atoms with E-state index in [2.05, 4.69) is 20.8 Å². The number of hydrogen-bond donors (Lipinski definition) is 3. The van der Waals surface area contributed by atoms with Crippen LogP contribution in [0, 0.1) is 0 Å².